The molecule has 144 valence electrons. The molecule has 0 aliphatic heterocycles. The first-order valence-electron chi connectivity index (χ1n) is 8.33. The molecule has 0 saturated carbocycles. The fourth-order valence-corrected chi connectivity index (χ4v) is 2.18. The maximum atomic E-state index is 13.7. The molecule has 1 heterocycles. The van der Waals surface area contributed by atoms with Crippen LogP contribution in [0.3, 0.4) is 0 Å². The van der Waals surface area contributed by atoms with Crippen molar-refractivity contribution in [2.24, 2.45) is 4.99 Å². The summed E-state index contributed by atoms with van der Waals surface area (Å²) >= 11 is 0. The number of ether oxygens (including phenoxy) is 1. The Morgan fingerprint density at radius 2 is 2.08 bits per heavy atom. The van der Waals surface area contributed by atoms with Gasteiger partial charge in [0.2, 0.25) is 0 Å². The zero-order valence-electron chi connectivity index (χ0n) is 15.5. The lowest BCUT2D eigenvalue weighted by Gasteiger charge is -2.10. The molecule has 26 heavy (non-hydrogen) atoms. The first-order chi connectivity index (χ1) is 12.0. The van der Waals surface area contributed by atoms with Gasteiger partial charge in [-0.2, -0.15) is 0 Å². The molecule has 6 nitrogen and oxygen atoms in total. The van der Waals surface area contributed by atoms with Gasteiger partial charge in [-0.15, -0.1) is 24.0 Å². The third-order valence-corrected chi connectivity index (χ3v) is 3.58. The average molecular weight is 476 g/mol. The number of rotatable bonds is 7. The van der Waals surface area contributed by atoms with Gasteiger partial charge < -0.3 is 19.9 Å². The number of nitrogens with one attached hydrogen (secondary N) is 2. The Kier molecular flexibility index (Phi) is 9.39. The predicted octanol–water partition coefficient (Wildman–Crippen LogP) is 3.82. The van der Waals surface area contributed by atoms with Gasteiger partial charge in [-0.3, -0.25) is 0 Å². The van der Waals surface area contributed by atoms with Crippen LogP contribution in [0.4, 0.5) is 4.39 Å². The van der Waals surface area contributed by atoms with Crippen molar-refractivity contribution in [3.63, 3.8) is 0 Å². The molecule has 0 fully saturated rings. The van der Waals surface area contributed by atoms with Gasteiger partial charge in [0.05, 0.1) is 25.9 Å². The molecule has 2 rings (SSSR count). The highest BCUT2D eigenvalue weighted by Crippen LogP contribution is 2.18. The zero-order valence-corrected chi connectivity index (χ0v) is 17.8. The molecule has 0 aliphatic rings. The third-order valence-electron chi connectivity index (χ3n) is 3.58. The number of methoxy groups -OCH3 is 1. The maximum absolute atomic E-state index is 13.7. The van der Waals surface area contributed by atoms with E-state index in [9.17, 15) is 4.39 Å². The van der Waals surface area contributed by atoms with Crippen LogP contribution in [0.2, 0.25) is 0 Å². The molecular weight excluding hydrogens is 450 g/mol. The molecule has 2 aromatic rings. The lowest BCUT2D eigenvalue weighted by Crippen LogP contribution is -2.36. The Labute approximate surface area is 170 Å². The van der Waals surface area contributed by atoms with Crippen molar-refractivity contribution < 1.29 is 13.7 Å². The molecule has 0 radical (unpaired) electrons. The summed E-state index contributed by atoms with van der Waals surface area (Å²) in [5.74, 6) is 1.52. The Morgan fingerprint density at radius 3 is 2.65 bits per heavy atom. The summed E-state index contributed by atoms with van der Waals surface area (Å²) in [5.41, 5.74) is 1.68. The molecule has 0 spiro atoms. The number of benzene rings is 1. The number of hydrogen-bond donors (Lipinski definition) is 2. The van der Waals surface area contributed by atoms with Crippen LogP contribution >= 0.6 is 24.0 Å². The van der Waals surface area contributed by atoms with Gasteiger partial charge in [0.1, 0.15) is 0 Å². The second-order valence-electron chi connectivity index (χ2n) is 5.89. The fourth-order valence-electron chi connectivity index (χ4n) is 2.18. The molecule has 0 bridgehead atoms. The highest BCUT2D eigenvalue weighted by atomic mass is 127. The summed E-state index contributed by atoms with van der Waals surface area (Å²) in [5, 5.41) is 10.4. The van der Waals surface area contributed by atoms with Crippen molar-refractivity contribution in [2.45, 2.75) is 39.8 Å². The van der Waals surface area contributed by atoms with Crippen molar-refractivity contribution in [1.29, 1.82) is 0 Å². The smallest absolute Gasteiger partial charge is 0.191 e. The molecule has 1 aromatic heterocycles. The lowest BCUT2D eigenvalue weighted by molar-refractivity contribution is 0.372. The van der Waals surface area contributed by atoms with Crippen LogP contribution in [0.15, 0.2) is 33.8 Å². The van der Waals surface area contributed by atoms with Gasteiger partial charge in [0.25, 0.3) is 0 Å². The van der Waals surface area contributed by atoms with Crippen molar-refractivity contribution in [2.75, 3.05) is 13.7 Å². The third kappa shape index (κ3) is 6.47. The van der Waals surface area contributed by atoms with Crippen molar-refractivity contribution in [3.8, 4) is 5.75 Å². The number of hydrogen-bond acceptors (Lipinski definition) is 4. The average Bonchev–Trinajstić information content (AvgIpc) is 3.07. The molecule has 0 atom stereocenters. The van der Waals surface area contributed by atoms with Crippen LogP contribution in [0.25, 0.3) is 0 Å². The van der Waals surface area contributed by atoms with Crippen LogP contribution in [0.1, 0.15) is 43.7 Å². The summed E-state index contributed by atoms with van der Waals surface area (Å²) < 4.78 is 24.0. The highest BCUT2D eigenvalue weighted by Gasteiger charge is 2.08. The normalized spacial score (nSPS) is 11.2. The second-order valence-corrected chi connectivity index (χ2v) is 5.89. The number of aliphatic imine (C=N–C) groups is 1. The summed E-state index contributed by atoms with van der Waals surface area (Å²) in [7, 11) is 1.44. The second kappa shape index (κ2) is 11.0. The van der Waals surface area contributed by atoms with E-state index in [4.69, 9.17) is 9.26 Å². The largest absolute Gasteiger partial charge is 0.494 e. The molecule has 0 aliphatic carbocycles. The van der Waals surface area contributed by atoms with Gasteiger partial charge in [-0.05, 0) is 30.5 Å². The zero-order chi connectivity index (χ0) is 18.2. The Balaban J connectivity index is 0.00000338. The Morgan fingerprint density at radius 1 is 1.31 bits per heavy atom. The minimum atomic E-state index is -0.393. The standard InChI is InChI=1S/C18H25FN4O2.HI/c1-5-20-18(22-11-14-9-16(12(2)3)23-25-14)21-10-13-6-7-17(24-4)15(19)8-13;/h6-9,12H,5,10-11H2,1-4H3,(H2,20,21,22);1H. The summed E-state index contributed by atoms with van der Waals surface area (Å²) in [6.45, 7) is 7.65. The van der Waals surface area contributed by atoms with Crippen molar-refractivity contribution in [1.82, 2.24) is 15.8 Å². The van der Waals surface area contributed by atoms with Crippen LogP contribution in [-0.4, -0.2) is 24.8 Å². The first kappa shape index (κ1) is 22.2. The topological polar surface area (TPSA) is 71.7 Å². The van der Waals surface area contributed by atoms with Crippen molar-refractivity contribution >= 4 is 29.9 Å². The Bertz CT molecular complexity index is 719. The monoisotopic (exact) mass is 476 g/mol. The Hall–Kier alpha value is -1.84. The van der Waals surface area contributed by atoms with Gasteiger partial charge in [-0.1, -0.05) is 25.1 Å². The number of halogens is 2. The van der Waals surface area contributed by atoms with E-state index in [2.05, 4.69) is 34.6 Å². The number of aromatic nitrogens is 1. The van der Waals surface area contributed by atoms with E-state index >= 15 is 0 Å². The fraction of sp³-hybridized carbons (Fsp3) is 0.444. The SMILES string of the molecule is CCNC(=NCc1ccc(OC)c(F)c1)NCc1cc(C(C)C)no1.I. The molecule has 0 unspecified atom stereocenters. The van der Waals surface area contributed by atoms with Gasteiger partial charge in [-0.25, -0.2) is 9.38 Å². The molecule has 0 amide bonds. The van der Waals surface area contributed by atoms with E-state index in [0.29, 0.717) is 25.0 Å². The summed E-state index contributed by atoms with van der Waals surface area (Å²) in [4.78, 5) is 4.46. The van der Waals surface area contributed by atoms with Crippen LogP contribution in [0, 0.1) is 5.82 Å². The van der Waals surface area contributed by atoms with Gasteiger partial charge >= 0.3 is 0 Å². The molecule has 0 saturated heterocycles. The molecular formula is C18H26FIN4O2. The van der Waals surface area contributed by atoms with Gasteiger partial charge in [0, 0.05) is 12.6 Å². The lowest BCUT2D eigenvalue weighted by atomic mass is 10.1. The summed E-state index contributed by atoms with van der Waals surface area (Å²) in [6, 6.07) is 6.75. The van der Waals surface area contributed by atoms with E-state index in [1.165, 1.54) is 13.2 Å². The van der Waals surface area contributed by atoms with Gasteiger partial charge in [0.15, 0.2) is 23.3 Å². The number of nitrogens with zero attached hydrogens (tertiary/aromatic N) is 2. The highest BCUT2D eigenvalue weighted by molar-refractivity contribution is 14.0. The van der Waals surface area contributed by atoms with E-state index in [1.54, 1.807) is 12.1 Å². The first-order valence-corrected chi connectivity index (χ1v) is 8.33. The van der Waals surface area contributed by atoms with E-state index in [-0.39, 0.29) is 29.7 Å². The minimum Gasteiger partial charge on any atom is -0.494 e. The predicted molar refractivity (Wildman–Crippen MR) is 111 cm³/mol. The van der Waals surface area contributed by atoms with E-state index in [1.807, 2.05) is 13.0 Å². The van der Waals surface area contributed by atoms with Crippen LogP contribution in [-0.2, 0) is 13.1 Å². The summed E-state index contributed by atoms with van der Waals surface area (Å²) in [6.07, 6.45) is 0. The van der Waals surface area contributed by atoms with Crippen molar-refractivity contribution in [3.05, 3.63) is 47.1 Å². The van der Waals surface area contributed by atoms with E-state index in [0.717, 1.165) is 23.6 Å². The van der Waals surface area contributed by atoms with Crippen LogP contribution < -0.4 is 15.4 Å². The number of guanidine groups is 1. The minimum absolute atomic E-state index is 0. The quantitative estimate of drug-likeness (QED) is 0.361. The van der Waals surface area contributed by atoms with Crippen LogP contribution in [0.5, 0.6) is 5.75 Å². The molecule has 2 N–H and O–H groups in total. The van der Waals surface area contributed by atoms with E-state index < -0.39 is 5.82 Å². The molecule has 1 aromatic carbocycles. The molecule has 8 heteroatoms. The maximum Gasteiger partial charge on any atom is 0.191 e.